The Kier molecular flexibility index (Phi) is 6.86. The van der Waals surface area contributed by atoms with E-state index in [1.54, 1.807) is 42.7 Å². The predicted molar refractivity (Wildman–Crippen MR) is 151 cm³/mol. The van der Waals surface area contributed by atoms with Crippen molar-refractivity contribution in [3.8, 4) is 11.1 Å². The van der Waals surface area contributed by atoms with Gasteiger partial charge >= 0.3 is 5.97 Å². The summed E-state index contributed by atoms with van der Waals surface area (Å²) < 4.78 is 0. The van der Waals surface area contributed by atoms with E-state index in [-0.39, 0.29) is 29.2 Å². The number of carbonyl (C=O) groups is 3. The lowest BCUT2D eigenvalue weighted by atomic mass is 9.87. The number of amides is 2. The number of fused-ring (bicyclic) bond motifs is 1. The van der Waals surface area contributed by atoms with Gasteiger partial charge in [0.1, 0.15) is 0 Å². The van der Waals surface area contributed by atoms with Gasteiger partial charge in [-0.05, 0) is 76.4 Å². The Hall–Kier alpha value is -4.78. The summed E-state index contributed by atoms with van der Waals surface area (Å²) in [6.07, 6.45) is 4.70. The van der Waals surface area contributed by atoms with Gasteiger partial charge in [0.2, 0.25) is 5.91 Å². The minimum Gasteiger partial charge on any atom is -0.478 e. The average molecular weight is 532 g/mol. The molecule has 6 rings (SSSR count). The molecule has 2 unspecified atom stereocenters. The van der Waals surface area contributed by atoms with Crippen LogP contribution in [0.4, 0.5) is 0 Å². The first kappa shape index (κ1) is 25.5. The molecule has 0 bridgehead atoms. The van der Waals surface area contributed by atoms with E-state index in [1.165, 1.54) is 5.56 Å². The highest BCUT2D eigenvalue weighted by molar-refractivity contribution is 5.94. The van der Waals surface area contributed by atoms with Crippen molar-refractivity contribution in [3.05, 3.63) is 125 Å². The molecule has 4 aromatic rings. The van der Waals surface area contributed by atoms with Gasteiger partial charge in [0.25, 0.3) is 5.91 Å². The van der Waals surface area contributed by atoms with Crippen LogP contribution in [0.2, 0.25) is 0 Å². The quantitative estimate of drug-likeness (QED) is 0.347. The summed E-state index contributed by atoms with van der Waals surface area (Å²) in [5.74, 6) is -0.766. The summed E-state index contributed by atoms with van der Waals surface area (Å²) in [4.78, 5) is 43.8. The van der Waals surface area contributed by atoms with Crippen LogP contribution in [-0.4, -0.2) is 39.3 Å². The van der Waals surface area contributed by atoms with Crippen molar-refractivity contribution in [2.24, 2.45) is 5.92 Å². The lowest BCUT2D eigenvalue weighted by molar-refractivity contribution is -0.122. The van der Waals surface area contributed by atoms with Crippen LogP contribution in [0.3, 0.4) is 0 Å². The van der Waals surface area contributed by atoms with Crippen LogP contribution in [0, 0.1) is 5.92 Å². The summed E-state index contributed by atoms with van der Waals surface area (Å²) in [6, 6.07) is 24.5. The number of carboxylic acids is 1. The number of hydrogen-bond donors (Lipinski definition) is 2. The number of nitrogens with zero attached hydrogens (tertiary/aromatic N) is 2. The number of nitrogens with one attached hydrogen (secondary N) is 1. The van der Waals surface area contributed by atoms with Crippen molar-refractivity contribution in [2.45, 2.75) is 31.8 Å². The third-order valence-electron chi connectivity index (χ3n) is 7.95. The fraction of sp³-hybridized carbons (Fsp3) is 0.212. The molecule has 1 aromatic heterocycles. The second-order valence-electron chi connectivity index (χ2n) is 10.4. The van der Waals surface area contributed by atoms with Crippen LogP contribution < -0.4 is 5.32 Å². The first-order chi connectivity index (χ1) is 19.5. The minimum atomic E-state index is -0.974. The number of pyridine rings is 1. The van der Waals surface area contributed by atoms with E-state index in [2.05, 4.69) is 22.4 Å². The maximum absolute atomic E-state index is 13.3. The van der Waals surface area contributed by atoms with E-state index >= 15 is 0 Å². The van der Waals surface area contributed by atoms with E-state index < -0.39 is 5.97 Å². The molecular weight excluding hydrogens is 502 g/mol. The number of benzene rings is 3. The Morgan fingerprint density at radius 1 is 0.900 bits per heavy atom. The number of carbonyl (C=O) groups excluding carboxylic acids is 2. The van der Waals surface area contributed by atoms with Gasteiger partial charge in [-0.2, -0.15) is 0 Å². The van der Waals surface area contributed by atoms with Crippen molar-refractivity contribution in [3.63, 3.8) is 0 Å². The van der Waals surface area contributed by atoms with Crippen LogP contribution >= 0.6 is 0 Å². The van der Waals surface area contributed by atoms with Gasteiger partial charge in [0.15, 0.2) is 0 Å². The van der Waals surface area contributed by atoms with E-state index in [1.807, 2.05) is 41.3 Å². The number of hydrogen-bond acceptors (Lipinski definition) is 4. The van der Waals surface area contributed by atoms with Crippen molar-refractivity contribution < 1.29 is 19.5 Å². The zero-order chi connectivity index (χ0) is 27.6. The molecule has 7 heteroatoms. The highest BCUT2D eigenvalue weighted by Gasteiger charge is 2.43. The summed E-state index contributed by atoms with van der Waals surface area (Å²) in [7, 11) is 0. The standard InChI is InChI=1S/C33H29N3O4/c37-31(29-18-28(29)21-5-2-1-3-6-21)35-19-25-9-10-26(23-7-4-8-24(17-23)33(39)40)27-13-16-36(20-30(25)27)32(38)22-11-14-34-15-12-22/h1-12,14-15,17,28-29H,13,16,18-20H2,(H,35,37)(H,39,40). The summed E-state index contributed by atoms with van der Waals surface area (Å²) in [6.45, 7) is 1.31. The minimum absolute atomic E-state index is 0.0268. The molecule has 1 fully saturated rings. The smallest absolute Gasteiger partial charge is 0.335 e. The van der Waals surface area contributed by atoms with Gasteiger partial charge in [-0.3, -0.25) is 14.6 Å². The normalized spacial score (nSPS) is 17.6. The predicted octanol–water partition coefficient (Wildman–Crippen LogP) is 5.07. The van der Waals surface area contributed by atoms with Gasteiger partial charge in [-0.1, -0.05) is 54.6 Å². The second-order valence-corrected chi connectivity index (χ2v) is 10.4. The van der Waals surface area contributed by atoms with Crippen LogP contribution in [-0.2, 0) is 24.3 Å². The van der Waals surface area contributed by atoms with Crippen molar-refractivity contribution >= 4 is 17.8 Å². The largest absolute Gasteiger partial charge is 0.478 e. The maximum Gasteiger partial charge on any atom is 0.335 e. The fourth-order valence-corrected chi connectivity index (χ4v) is 5.71. The molecule has 2 amide bonds. The number of rotatable bonds is 7. The lowest BCUT2D eigenvalue weighted by Crippen LogP contribution is -2.37. The lowest BCUT2D eigenvalue weighted by Gasteiger charge is -2.32. The number of carboxylic acid groups (broad SMARTS) is 1. The zero-order valence-corrected chi connectivity index (χ0v) is 21.9. The van der Waals surface area contributed by atoms with Crippen molar-refractivity contribution in [1.29, 1.82) is 0 Å². The molecule has 40 heavy (non-hydrogen) atoms. The van der Waals surface area contributed by atoms with Gasteiger partial charge < -0.3 is 15.3 Å². The molecule has 7 nitrogen and oxygen atoms in total. The molecule has 1 aliphatic carbocycles. The molecule has 1 aliphatic heterocycles. The third-order valence-corrected chi connectivity index (χ3v) is 7.95. The number of aromatic nitrogens is 1. The monoisotopic (exact) mass is 531 g/mol. The summed E-state index contributed by atoms with van der Waals surface area (Å²) >= 11 is 0. The average Bonchev–Trinajstić information content (AvgIpc) is 3.81. The molecule has 0 radical (unpaired) electrons. The van der Waals surface area contributed by atoms with Crippen LogP contribution in [0.25, 0.3) is 11.1 Å². The fourth-order valence-electron chi connectivity index (χ4n) is 5.71. The maximum atomic E-state index is 13.3. The van der Waals surface area contributed by atoms with Gasteiger partial charge in [-0.25, -0.2) is 4.79 Å². The summed E-state index contributed by atoms with van der Waals surface area (Å²) in [5.41, 5.74) is 6.83. The SMILES string of the molecule is O=C(O)c1cccc(-c2ccc(CNC(=O)C3CC3c3ccccc3)c3c2CCN(C(=O)c2ccncc2)C3)c1. The van der Waals surface area contributed by atoms with Gasteiger partial charge in [0.05, 0.1) is 5.56 Å². The molecule has 1 saturated carbocycles. The molecule has 2 heterocycles. The molecule has 0 spiro atoms. The van der Waals surface area contributed by atoms with Gasteiger partial charge in [-0.15, -0.1) is 0 Å². The zero-order valence-electron chi connectivity index (χ0n) is 21.9. The first-order valence-electron chi connectivity index (χ1n) is 13.5. The van der Waals surface area contributed by atoms with E-state index in [0.29, 0.717) is 31.6 Å². The van der Waals surface area contributed by atoms with E-state index in [0.717, 1.165) is 34.2 Å². The van der Waals surface area contributed by atoms with E-state index in [9.17, 15) is 19.5 Å². The molecular formula is C33H29N3O4. The first-order valence-corrected chi connectivity index (χ1v) is 13.5. The molecule has 2 atom stereocenters. The van der Waals surface area contributed by atoms with Gasteiger partial charge in [0, 0.05) is 43.5 Å². The molecule has 200 valence electrons. The highest BCUT2D eigenvalue weighted by atomic mass is 16.4. The van der Waals surface area contributed by atoms with Crippen LogP contribution in [0.1, 0.15) is 55.3 Å². The van der Waals surface area contributed by atoms with Crippen molar-refractivity contribution in [1.82, 2.24) is 15.2 Å². The Bertz CT molecular complexity index is 1590. The molecule has 0 saturated heterocycles. The topological polar surface area (TPSA) is 99.6 Å². The Morgan fingerprint density at radius 3 is 2.48 bits per heavy atom. The Balaban J connectivity index is 1.28. The Morgan fingerprint density at radius 2 is 1.70 bits per heavy atom. The Labute approximate surface area is 232 Å². The molecule has 3 aromatic carbocycles. The molecule has 2 aliphatic rings. The third kappa shape index (κ3) is 5.10. The molecule has 2 N–H and O–H groups in total. The number of aromatic carboxylic acids is 1. The van der Waals surface area contributed by atoms with Crippen LogP contribution in [0.15, 0.2) is 91.3 Å². The summed E-state index contributed by atoms with van der Waals surface area (Å²) in [5, 5.41) is 12.7. The van der Waals surface area contributed by atoms with Crippen molar-refractivity contribution in [2.75, 3.05) is 6.54 Å². The van der Waals surface area contributed by atoms with Crippen LogP contribution in [0.5, 0.6) is 0 Å². The van der Waals surface area contributed by atoms with E-state index in [4.69, 9.17) is 0 Å². The second kappa shape index (κ2) is 10.8. The highest BCUT2D eigenvalue weighted by Crippen LogP contribution is 2.47.